The van der Waals surface area contributed by atoms with Gasteiger partial charge < -0.3 is 0 Å². The molecular formula is C12H22N2O2. The predicted molar refractivity (Wildman–Crippen MR) is 62.3 cm³/mol. The lowest BCUT2D eigenvalue weighted by Crippen LogP contribution is -2.52. The molecule has 4 heteroatoms. The Bertz CT molecular complexity index is 310. The summed E-state index contributed by atoms with van der Waals surface area (Å²) in [4.78, 5) is 23.8. The van der Waals surface area contributed by atoms with Crippen LogP contribution >= 0.6 is 0 Å². The van der Waals surface area contributed by atoms with Crippen LogP contribution in [0.1, 0.15) is 48.0 Å². The highest BCUT2D eigenvalue weighted by atomic mass is 16.2. The SMILES string of the molecule is CC(C)(C)NN1C(=O)CC(C(C)(C)C)C1=O. The largest absolute Gasteiger partial charge is 0.273 e. The van der Waals surface area contributed by atoms with Crippen LogP contribution in [0.15, 0.2) is 0 Å². The van der Waals surface area contributed by atoms with Crippen molar-refractivity contribution < 1.29 is 9.59 Å². The second-order valence-electron chi connectivity index (χ2n) is 6.55. The highest BCUT2D eigenvalue weighted by molar-refractivity contribution is 6.03. The van der Waals surface area contributed by atoms with Gasteiger partial charge in [0.1, 0.15) is 0 Å². The lowest BCUT2D eigenvalue weighted by Gasteiger charge is -2.29. The summed E-state index contributed by atoms with van der Waals surface area (Å²) in [7, 11) is 0. The van der Waals surface area contributed by atoms with Crippen LogP contribution in [0.4, 0.5) is 0 Å². The quantitative estimate of drug-likeness (QED) is 0.692. The first-order valence-electron chi connectivity index (χ1n) is 5.67. The molecule has 1 aliphatic rings. The van der Waals surface area contributed by atoms with Crippen molar-refractivity contribution in [3.8, 4) is 0 Å². The van der Waals surface area contributed by atoms with E-state index in [2.05, 4.69) is 5.43 Å². The maximum absolute atomic E-state index is 12.1. The Morgan fingerprint density at radius 1 is 1.12 bits per heavy atom. The van der Waals surface area contributed by atoms with Gasteiger partial charge in [-0.05, 0) is 26.2 Å². The summed E-state index contributed by atoms with van der Waals surface area (Å²) < 4.78 is 0. The Kier molecular flexibility index (Phi) is 3.16. The van der Waals surface area contributed by atoms with Gasteiger partial charge in [0.25, 0.3) is 0 Å². The van der Waals surface area contributed by atoms with Crippen LogP contribution in [0.3, 0.4) is 0 Å². The molecule has 0 aromatic carbocycles. The normalized spacial score (nSPS) is 23.1. The zero-order chi connectivity index (χ0) is 12.7. The standard InChI is InChI=1S/C12H22N2O2/c1-11(2,3)8-7-9(15)14(10(8)16)13-12(4,5)6/h8,13H,7H2,1-6H3. The fraction of sp³-hybridized carbons (Fsp3) is 0.833. The van der Waals surface area contributed by atoms with Crippen LogP contribution < -0.4 is 5.43 Å². The van der Waals surface area contributed by atoms with Crippen molar-refractivity contribution >= 4 is 11.8 Å². The van der Waals surface area contributed by atoms with Crippen molar-refractivity contribution in [1.29, 1.82) is 0 Å². The van der Waals surface area contributed by atoms with Gasteiger partial charge in [0.15, 0.2) is 0 Å². The van der Waals surface area contributed by atoms with Crippen molar-refractivity contribution in [2.24, 2.45) is 11.3 Å². The molecule has 0 saturated carbocycles. The number of rotatable bonds is 1. The number of hydrogen-bond acceptors (Lipinski definition) is 3. The van der Waals surface area contributed by atoms with E-state index >= 15 is 0 Å². The lowest BCUT2D eigenvalue weighted by atomic mass is 9.80. The van der Waals surface area contributed by atoms with E-state index in [0.29, 0.717) is 6.42 Å². The van der Waals surface area contributed by atoms with Crippen LogP contribution in [0.25, 0.3) is 0 Å². The van der Waals surface area contributed by atoms with Gasteiger partial charge in [0.05, 0.1) is 5.92 Å². The molecular weight excluding hydrogens is 204 g/mol. The second-order valence-corrected chi connectivity index (χ2v) is 6.55. The zero-order valence-corrected chi connectivity index (χ0v) is 11.0. The first-order chi connectivity index (χ1) is 7.02. The van der Waals surface area contributed by atoms with Gasteiger partial charge in [-0.25, -0.2) is 10.4 Å². The van der Waals surface area contributed by atoms with Crippen LogP contribution in [0.2, 0.25) is 0 Å². The Morgan fingerprint density at radius 3 is 1.94 bits per heavy atom. The van der Waals surface area contributed by atoms with E-state index in [1.807, 2.05) is 41.5 Å². The smallest absolute Gasteiger partial charge is 0.247 e. The van der Waals surface area contributed by atoms with E-state index in [1.165, 1.54) is 5.01 Å². The second kappa shape index (κ2) is 3.84. The molecule has 0 radical (unpaired) electrons. The Hall–Kier alpha value is -0.900. The molecule has 0 aromatic rings. The molecule has 4 nitrogen and oxygen atoms in total. The summed E-state index contributed by atoms with van der Waals surface area (Å²) in [5, 5.41) is 1.19. The Morgan fingerprint density at radius 2 is 1.62 bits per heavy atom. The van der Waals surface area contributed by atoms with Gasteiger partial charge in [-0.2, -0.15) is 0 Å². The first kappa shape index (κ1) is 13.2. The number of imide groups is 1. The third kappa shape index (κ3) is 2.82. The first-order valence-corrected chi connectivity index (χ1v) is 5.67. The van der Waals surface area contributed by atoms with Crippen molar-refractivity contribution in [3.63, 3.8) is 0 Å². The van der Waals surface area contributed by atoms with E-state index in [9.17, 15) is 9.59 Å². The van der Waals surface area contributed by atoms with Crippen LogP contribution in [0.5, 0.6) is 0 Å². The summed E-state index contributed by atoms with van der Waals surface area (Å²) in [5.41, 5.74) is 2.51. The number of nitrogens with zero attached hydrogens (tertiary/aromatic N) is 1. The number of carbonyl (C=O) groups excluding carboxylic acids is 2. The summed E-state index contributed by atoms with van der Waals surface area (Å²) in [6.45, 7) is 11.8. The minimum absolute atomic E-state index is 0.104. The minimum Gasteiger partial charge on any atom is -0.273 e. The van der Waals surface area contributed by atoms with Gasteiger partial charge in [0, 0.05) is 12.0 Å². The van der Waals surface area contributed by atoms with Gasteiger partial charge in [0.2, 0.25) is 11.8 Å². The summed E-state index contributed by atoms with van der Waals surface area (Å²) in [6.07, 6.45) is 0.311. The fourth-order valence-corrected chi connectivity index (χ4v) is 1.76. The van der Waals surface area contributed by atoms with Crippen molar-refractivity contribution in [1.82, 2.24) is 10.4 Å². The van der Waals surface area contributed by atoms with Crippen LogP contribution in [-0.4, -0.2) is 22.4 Å². The zero-order valence-electron chi connectivity index (χ0n) is 11.0. The van der Waals surface area contributed by atoms with Crippen molar-refractivity contribution in [3.05, 3.63) is 0 Å². The molecule has 1 unspecified atom stereocenters. The molecule has 1 aliphatic heterocycles. The number of hydrazine groups is 1. The summed E-state index contributed by atoms with van der Waals surface area (Å²) in [5.74, 6) is -0.442. The van der Waals surface area contributed by atoms with Crippen LogP contribution in [-0.2, 0) is 9.59 Å². The highest BCUT2D eigenvalue weighted by Gasteiger charge is 2.45. The van der Waals surface area contributed by atoms with E-state index in [-0.39, 0.29) is 28.7 Å². The summed E-state index contributed by atoms with van der Waals surface area (Å²) in [6, 6.07) is 0. The van der Waals surface area contributed by atoms with E-state index < -0.39 is 0 Å². The molecule has 2 amide bonds. The van der Waals surface area contributed by atoms with Crippen molar-refractivity contribution in [2.75, 3.05) is 0 Å². The number of hydrogen-bond donors (Lipinski definition) is 1. The maximum Gasteiger partial charge on any atom is 0.247 e. The van der Waals surface area contributed by atoms with E-state index in [1.54, 1.807) is 0 Å². The molecule has 0 bridgehead atoms. The van der Waals surface area contributed by atoms with Crippen molar-refractivity contribution in [2.45, 2.75) is 53.5 Å². The average Bonchev–Trinajstić information content (AvgIpc) is 2.28. The Labute approximate surface area is 97.4 Å². The lowest BCUT2D eigenvalue weighted by molar-refractivity contribution is -0.145. The molecule has 0 aromatic heterocycles. The molecule has 92 valence electrons. The number of amides is 2. The minimum atomic E-state index is -0.280. The van der Waals surface area contributed by atoms with E-state index in [4.69, 9.17) is 0 Å². The molecule has 1 saturated heterocycles. The van der Waals surface area contributed by atoms with Crippen LogP contribution in [0, 0.1) is 11.3 Å². The third-order valence-corrected chi connectivity index (χ3v) is 2.64. The molecule has 16 heavy (non-hydrogen) atoms. The third-order valence-electron chi connectivity index (χ3n) is 2.64. The molecule has 1 N–H and O–H groups in total. The molecule has 0 aliphatic carbocycles. The number of carbonyl (C=O) groups is 2. The molecule has 1 fully saturated rings. The maximum atomic E-state index is 12.1. The fourth-order valence-electron chi connectivity index (χ4n) is 1.76. The van der Waals surface area contributed by atoms with Gasteiger partial charge in [-0.15, -0.1) is 0 Å². The molecule has 0 spiro atoms. The van der Waals surface area contributed by atoms with Gasteiger partial charge >= 0.3 is 0 Å². The molecule has 1 heterocycles. The molecule has 1 atom stereocenters. The summed E-state index contributed by atoms with van der Waals surface area (Å²) >= 11 is 0. The highest BCUT2D eigenvalue weighted by Crippen LogP contribution is 2.34. The predicted octanol–water partition coefficient (Wildman–Crippen LogP) is 1.71. The number of nitrogens with one attached hydrogen (secondary N) is 1. The average molecular weight is 226 g/mol. The van der Waals surface area contributed by atoms with Gasteiger partial charge in [-0.1, -0.05) is 20.8 Å². The topological polar surface area (TPSA) is 49.4 Å². The van der Waals surface area contributed by atoms with Gasteiger partial charge in [-0.3, -0.25) is 9.59 Å². The van der Waals surface area contributed by atoms with E-state index in [0.717, 1.165) is 0 Å². The Balaban J connectivity index is 2.84. The molecule has 1 rings (SSSR count). The monoisotopic (exact) mass is 226 g/mol.